The Morgan fingerprint density at radius 1 is 1.10 bits per heavy atom. The van der Waals surface area contributed by atoms with Crippen LogP contribution in [0.15, 0.2) is 0 Å². The molecule has 21 heavy (non-hydrogen) atoms. The van der Waals surface area contributed by atoms with E-state index >= 15 is 0 Å². The molecule has 0 bridgehead atoms. The molecule has 3 heteroatoms. The van der Waals surface area contributed by atoms with Gasteiger partial charge in [-0.25, -0.2) is 0 Å². The summed E-state index contributed by atoms with van der Waals surface area (Å²) in [5.74, 6) is 0.817. The first-order valence-corrected chi connectivity index (χ1v) is 9.07. The molecule has 2 aliphatic rings. The highest BCUT2D eigenvalue weighted by molar-refractivity contribution is 5.71. The van der Waals surface area contributed by atoms with Crippen molar-refractivity contribution >= 4 is 5.97 Å². The normalized spacial score (nSPS) is 32.2. The van der Waals surface area contributed by atoms with E-state index in [9.17, 15) is 4.79 Å². The fourth-order valence-corrected chi connectivity index (χ4v) is 4.19. The van der Waals surface area contributed by atoms with E-state index in [2.05, 4.69) is 11.8 Å². The summed E-state index contributed by atoms with van der Waals surface area (Å²) >= 11 is 0. The van der Waals surface area contributed by atoms with Crippen LogP contribution in [0.4, 0.5) is 0 Å². The van der Waals surface area contributed by atoms with E-state index in [-0.39, 0.29) is 11.5 Å². The van der Waals surface area contributed by atoms with E-state index in [4.69, 9.17) is 4.74 Å². The van der Waals surface area contributed by atoms with E-state index in [1.807, 2.05) is 6.92 Å². The van der Waals surface area contributed by atoms with E-state index < -0.39 is 0 Å². The SMILES string of the molecule is CCOC(=O)CC1(N2CCCCCC2)CCCC(C)CC1. The monoisotopic (exact) mass is 295 g/mol. The summed E-state index contributed by atoms with van der Waals surface area (Å²) in [6.45, 7) is 7.13. The number of carbonyl (C=O) groups is 1. The Labute approximate surface area is 130 Å². The maximum absolute atomic E-state index is 12.2. The van der Waals surface area contributed by atoms with Crippen molar-refractivity contribution in [1.82, 2.24) is 4.90 Å². The van der Waals surface area contributed by atoms with Crippen LogP contribution in [0.3, 0.4) is 0 Å². The molecule has 1 saturated carbocycles. The second-order valence-corrected chi connectivity index (χ2v) is 7.14. The maximum Gasteiger partial charge on any atom is 0.307 e. The summed E-state index contributed by atoms with van der Waals surface area (Å²) in [5, 5.41) is 0. The zero-order valence-electron chi connectivity index (χ0n) is 14.0. The van der Waals surface area contributed by atoms with Gasteiger partial charge in [0.2, 0.25) is 0 Å². The van der Waals surface area contributed by atoms with E-state index in [0.717, 1.165) is 5.92 Å². The molecule has 122 valence electrons. The Balaban J connectivity index is 2.12. The number of esters is 1. The van der Waals surface area contributed by atoms with Gasteiger partial charge in [-0.05, 0) is 58.0 Å². The zero-order chi connectivity index (χ0) is 15.1. The van der Waals surface area contributed by atoms with Crippen molar-refractivity contribution in [3.8, 4) is 0 Å². The molecule has 1 saturated heterocycles. The highest BCUT2D eigenvalue weighted by Crippen LogP contribution is 2.38. The number of likely N-dealkylation sites (tertiary alicyclic amines) is 1. The third-order valence-corrected chi connectivity index (χ3v) is 5.50. The third-order valence-electron chi connectivity index (χ3n) is 5.50. The highest BCUT2D eigenvalue weighted by atomic mass is 16.5. The molecule has 1 aliphatic carbocycles. The van der Waals surface area contributed by atoms with Crippen LogP contribution in [0.5, 0.6) is 0 Å². The number of hydrogen-bond acceptors (Lipinski definition) is 3. The lowest BCUT2D eigenvalue weighted by Gasteiger charge is -2.43. The topological polar surface area (TPSA) is 29.5 Å². The average molecular weight is 295 g/mol. The molecule has 2 fully saturated rings. The highest BCUT2D eigenvalue weighted by Gasteiger charge is 2.40. The Hall–Kier alpha value is -0.570. The Kier molecular flexibility index (Phi) is 6.53. The molecule has 0 aromatic heterocycles. The smallest absolute Gasteiger partial charge is 0.307 e. The number of rotatable bonds is 4. The Morgan fingerprint density at radius 2 is 1.81 bits per heavy atom. The van der Waals surface area contributed by atoms with Crippen molar-refractivity contribution in [2.75, 3.05) is 19.7 Å². The summed E-state index contributed by atoms with van der Waals surface area (Å²) in [4.78, 5) is 14.9. The van der Waals surface area contributed by atoms with Gasteiger partial charge in [0.25, 0.3) is 0 Å². The van der Waals surface area contributed by atoms with Gasteiger partial charge in [0.15, 0.2) is 0 Å². The van der Waals surface area contributed by atoms with Gasteiger partial charge in [-0.3, -0.25) is 9.69 Å². The van der Waals surface area contributed by atoms with Gasteiger partial charge in [0.1, 0.15) is 0 Å². The molecular weight excluding hydrogens is 262 g/mol. The Morgan fingerprint density at radius 3 is 2.48 bits per heavy atom. The van der Waals surface area contributed by atoms with E-state index in [1.165, 1.54) is 70.9 Å². The second kappa shape index (κ2) is 8.17. The molecule has 3 nitrogen and oxygen atoms in total. The summed E-state index contributed by atoms with van der Waals surface area (Å²) in [5.41, 5.74) is 0.0847. The van der Waals surface area contributed by atoms with Gasteiger partial charge in [-0.2, -0.15) is 0 Å². The van der Waals surface area contributed by atoms with Gasteiger partial charge >= 0.3 is 5.97 Å². The molecular formula is C18H33NO2. The van der Waals surface area contributed by atoms with E-state index in [0.29, 0.717) is 13.0 Å². The van der Waals surface area contributed by atoms with Gasteiger partial charge in [0.05, 0.1) is 13.0 Å². The van der Waals surface area contributed by atoms with Crippen LogP contribution in [0.25, 0.3) is 0 Å². The van der Waals surface area contributed by atoms with Gasteiger partial charge in [0, 0.05) is 5.54 Å². The first-order chi connectivity index (χ1) is 10.2. The summed E-state index contributed by atoms with van der Waals surface area (Å²) in [7, 11) is 0. The van der Waals surface area contributed by atoms with Crippen molar-refractivity contribution in [3.05, 3.63) is 0 Å². The molecule has 0 spiro atoms. The first-order valence-electron chi connectivity index (χ1n) is 9.07. The molecule has 0 radical (unpaired) electrons. The van der Waals surface area contributed by atoms with Crippen LogP contribution in [0, 0.1) is 5.92 Å². The fourth-order valence-electron chi connectivity index (χ4n) is 4.19. The number of ether oxygens (including phenoxy) is 1. The Bertz CT molecular complexity index is 323. The molecule has 1 heterocycles. The van der Waals surface area contributed by atoms with Crippen molar-refractivity contribution < 1.29 is 9.53 Å². The molecule has 0 amide bonds. The largest absolute Gasteiger partial charge is 0.466 e. The van der Waals surface area contributed by atoms with E-state index in [1.54, 1.807) is 0 Å². The zero-order valence-corrected chi connectivity index (χ0v) is 14.0. The van der Waals surface area contributed by atoms with Crippen molar-refractivity contribution in [1.29, 1.82) is 0 Å². The molecule has 0 N–H and O–H groups in total. The first kappa shape index (κ1) is 16.8. The maximum atomic E-state index is 12.2. The van der Waals surface area contributed by atoms with Crippen molar-refractivity contribution in [2.45, 2.75) is 83.6 Å². The third kappa shape index (κ3) is 4.70. The van der Waals surface area contributed by atoms with Gasteiger partial charge < -0.3 is 4.74 Å². The van der Waals surface area contributed by atoms with Crippen LogP contribution in [0.2, 0.25) is 0 Å². The molecule has 2 rings (SSSR count). The molecule has 2 atom stereocenters. The van der Waals surface area contributed by atoms with Crippen LogP contribution in [-0.2, 0) is 9.53 Å². The number of nitrogens with zero attached hydrogens (tertiary/aromatic N) is 1. The predicted molar refractivity (Wildman–Crippen MR) is 86.3 cm³/mol. The lowest BCUT2D eigenvalue weighted by atomic mass is 9.84. The number of hydrogen-bond donors (Lipinski definition) is 0. The minimum atomic E-state index is 0.0105. The fraction of sp³-hybridized carbons (Fsp3) is 0.944. The minimum Gasteiger partial charge on any atom is -0.466 e. The number of carbonyl (C=O) groups excluding carboxylic acids is 1. The molecule has 2 unspecified atom stereocenters. The van der Waals surface area contributed by atoms with Crippen LogP contribution in [-0.4, -0.2) is 36.1 Å². The lowest BCUT2D eigenvalue weighted by Crippen LogP contribution is -2.50. The van der Waals surface area contributed by atoms with Gasteiger partial charge in [-0.15, -0.1) is 0 Å². The average Bonchev–Trinajstić information content (AvgIpc) is 2.82. The summed E-state index contributed by atoms with van der Waals surface area (Å²) in [6.07, 6.45) is 12.1. The van der Waals surface area contributed by atoms with Crippen LogP contribution in [0.1, 0.15) is 78.1 Å². The quantitative estimate of drug-likeness (QED) is 0.576. The summed E-state index contributed by atoms with van der Waals surface area (Å²) in [6, 6.07) is 0. The van der Waals surface area contributed by atoms with Crippen LogP contribution < -0.4 is 0 Å². The van der Waals surface area contributed by atoms with Crippen molar-refractivity contribution in [3.63, 3.8) is 0 Å². The molecule has 0 aromatic carbocycles. The van der Waals surface area contributed by atoms with Crippen LogP contribution >= 0.6 is 0 Å². The second-order valence-electron chi connectivity index (χ2n) is 7.14. The minimum absolute atomic E-state index is 0.0105. The predicted octanol–water partition coefficient (Wildman–Crippen LogP) is 4.15. The standard InChI is InChI=1S/C18H33NO2/c1-3-21-17(20)15-18(11-8-9-16(2)10-12-18)19-13-6-4-5-7-14-19/h16H,3-15H2,1-2H3. The molecule has 1 aliphatic heterocycles. The lowest BCUT2D eigenvalue weighted by molar-refractivity contribution is -0.147. The summed E-state index contributed by atoms with van der Waals surface area (Å²) < 4.78 is 5.29. The molecule has 0 aromatic rings. The van der Waals surface area contributed by atoms with Crippen molar-refractivity contribution in [2.24, 2.45) is 5.92 Å². The van der Waals surface area contributed by atoms with Gasteiger partial charge in [-0.1, -0.05) is 32.6 Å².